The summed E-state index contributed by atoms with van der Waals surface area (Å²) in [6, 6.07) is 10.5. The van der Waals surface area contributed by atoms with Crippen LogP contribution < -0.4 is 20.1 Å². The van der Waals surface area contributed by atoms with Gasteiger partial charge in [-0.15, -0.1) is 0 Å². The third-order valence-electron chi connectivity index (χ3n) is 7.28. The molecule has 1 unspecified atom stereocenters. The summed E-state index contributed by atoms with van der Waals surface area (Å²) in [4.78, 5) is 58.2. The summed E-state index contributed by atoms with van der Waals surface area (Å²) in [6.45, 7) is 5.27. The van der Waals surface area contributed by atoms with Gasteiger partial charge in [0.05, 0.1) is 18.6 Å². The van der Waals surface area contributed by atoms with E-state index in [9.17, 15) is 19.2 Å². The number of carbonyl (C=O) groups is 4. The smallest absolute Gasteiger partial charge is 0.314 e. The molecule has 2 bridgehead atoms. The van der Waals surface area contributed by atoms with Crippen LogP contribution in [0.5, 0.6) is 11.6 Å². The third kappa shape index (κ3) is 10.2. The molecular formula is C32H44N4O8. The number of rotatable bonds is 8. The van der Waals surface area contributed by atoms with Crippen LogP contribution in [0.15, 0.2) is 42.6 Å². The van der Waals surface area contributed by atoms with Gasteiger partial charge in [-0.2, -0.15) is 0 Å². The molecule has 1 aromatic heterocycles. The Morgan fingerprint density at radius 1 is 1.02 bits per heavy atom. The van der Waals surface area contributed by atoms with Crippen LogP contribution in [0.25, 0.3) is 0 Å². The number of esters is 1. The van der Waals surface area contributed by atoms with Crippen LogP contribution in [-0.4, -0.2) is 93.3 Å². The number of pyridine rings is 1. The van der Waals surface area contributed by atoms with Gasteiger partial charge in [0.25, 0.3) is 11.8 Å². The van der Waals surface area contributed by atoms with E-state index in [0.717, 1.165) is 5.56 Å². The fourth-order valence-electron chi connectivity index (χ4n) is 4.94. The molecule has 1 aromatic carbocycles. The average molecular weight is 613 g/mol. The van der Waals surface area contributed by atoms with Crippen molar-refractivity contribution in [2.24, 2.45) is 5.41 Å². The lowest BCUT2D eigenvalue weighted by Crippen LogP contribution is -2.46. The second-order valence-corrected chi connectivity index (χ2v) is 10.5. The van der Waals surface area contributed by atoms with Gasteiger partial charge in [0, 0.05) is 52.5 Å². The minimum absolute atomic E-state index is 0.0580. The van der Waals surface area contributed by atoms with Crippen molar-refractivity contribution in [2.45, 2.75) is 46.0 Å². The first-order valence-corrected chi connectivity index (χ1v) is 15.1. The molecule has 0 spiro atoms. The van der Waals surface area contributed by atoms with E-state index >= 15 is 0 Å². The molecule has 240 valence electrons. The quantitative estimate of drug-likeness (QED) is 0.430. The van der Waals surface area contributed by atoms with Crippen LogP contribution in [0.4, 0.5) is 0 Å². The van der Waals surface area contributed by atoms with Crippen LogP contribution in [0, 0.1) is 5.41 Å². The molecule has 3 amide bonds. The monoisotopic (exact) mass is 612 g/mol. The predicted octanol–water partition coefficient (Wildman–Crippen LogP) is 2.55. The molecular weight excluding hydrogens is 568 g/mol. The minimum atomic E-state index is -1.07. The molecule has 4 rings (SSSR count). The number of nitrogens with one attached hydrogen (secondary N) is 2. The third-order valence-corrected chi connectivity index (χ3v) is 7.28. The van der Waals surface area contributed by atoms with Crippen LogP contribution in [0.3, 0.4) is 0 Å². The fraction of sp³-hybridized carbons (Fsp3) is 0.531. The molecule has 1 atom stereocenters. The lowest BCUT2D eigenvalue weighted by atomic mass is 9.78. The number of hydrogen-bond acceptors (Lipinski definition) is 9. The Morgan fingerprint density at radius 3 is 2.52 bits per heavy atom. The van der Waals surface area contributed by atoms with Gasteiger partial charge in [-0.25, -0.2) is 4.98 Å². The second kappa shape index (κ2) is 17.8. The van der Waals surface area contributed by atoms with Gasteiger partial charge in [-0.1, -0.05) is 12.1 Å². The van der Waals surface area contributed by atoms with Crippen LogP contribution in [0.1, 0.15) is 55.5 Å². The molecule has 0 saturated carbocycles. The van der Waals surface area contributed by atoms with E-state index in [-0.39, 0.29) is 49.8 Å². The van der Waals surface area contributed by atoms with Gasteiger partial charge in [0.2, 0.25) is 11.8 Å². The van der Waals surface area contributed by atoms with Crippen molar-refractivity contribution in [2.75, 3.05) is 59.7 Å². The van der Waals surface area contributed by atoms with Gasteiger partial charge in [-0.05, 0) is 69.4 Å². The summed E-state index contributed by atoms with van der Waals surface area (Å²) in [5.74, 6) is -0.482. The van der Waals surface area contributed by atoms with Crippen LogP contribution in [0.2, 0.25) is 0 Å². The van der Waals surface area contributed by atoms with Crippen molar-refractivity contribution < 1.29 is 38.1 Å². The number of hydrogen-bond donors (Lipinski definition) is 2. The highest BCUT2D eigenvalue weighted by Crippen LogP contribution is 2.30. The molecule has 12 heteroatoms. The SMILES string of the molecule is CCOC(=O)C1(CCOC)CNC(=O)CCCN(C(=O)c2cccnc2OCC)CCCNC(=O)COc2ccc(cc2)C1. The minimum Gasteiger partial charge on any atom is -0.484 e. The Balaban J connectivity index is 1.84. The first kappa shape index (κ1) is 34.3. The Labute approximate surface area is 258 Å². The largest absolute Gasteiger partial charge is 0.484 e. The van der Waals surface area contributed by atoms with E-state index in [4.69, 9.17) is 18.9 Å². The summed E-state index contributed by atoms with van der Waals surface area (Å²) < 4.78 is 22.0. The lowest BCUT2D eigenvalue weighted by Gasteiger charge is -2.32. The van der Waals surface area contributed by atoms with E-state index in [1.807, 2.05) is 19.1 Å². The van der Waals surface area contributed by atoms with Crippen molar-refractivity contribution in [3.05, 3.63) is 53.7 Å². The Morgan fingerprint density at radius 2 is 1.80 bits per heavy atom. The maximum atomic E-state index is 13.5. The lowest BCUT2D eigenvalue weighted by molar-refractivity contribution is -0.156. The molecule has 3 heterocycles. The highest BCUT2D eigenvalue weighted by molar-refractivity contribution is 5.96. The van der Waals surface area contributed by atoms with Crippen molar-refractivity contribution in [1.82, 2.24) is 20.5 Å². The van der Waals surface area contributed by atoms with Crippen LogP contribution in [-0.2, 0) is 30.3 Å². The van der Waals surface area contributed by atoms with Crippen molar-refractivity contribution >= 4 is 23.7 Å². The van der Waals surface area contributed by atoms with Crippen molar-refractivity contribution in [3.63, 3.8) is 0 Å². The summed E-state index contributed by atoms with van der Waals surface area (Å²) >= 11 is 0. The molecule has 44 heavy (non-hydrogen) atoms. The molecule has 2 aliphatic rings. The maximum Gasteiger partial charge on any atom is 0.314 e. The number of aromatic nitrogens is 1. The van der Waals surface area contributed by atoms with E-state index in [0.29, 0.717) is 69.8 Å². The standard InChI is InChI=1S/C32H44N4O8/c1-4-42-29-26(9-6-16-34-29)30(39)36-18-7-10-27(37)35-23-32(15-20-41-3,31(40)43-5-2)21-24-11-13-25(14-12-24)44-22-28(38)33-17-8-19-36/h6,9,11-14,16H,4-5,7-8,10,15,17-23H2,1-3H3,(H,33,38)(H,35,37). The Bertz CT molecular complexity index is 1240. The van der Waals surface area contributed by atoms with E-state index in [1.54, 1.807) is 49.4 Å². The van der Waals surface area contributed by atoms with Crippen molar-refractivity contribution in [1.29, 1.82) is 0 Å². The highest BCUT2D eigenvalue weighted by Gasteiger charge is 2.40. The van der Waals surface area contributed by atoms with E-state index in [2.05, 4.69) is 15.6 Å². The number of ether oxygens (including phenoxy) is 4. The number of benzene rings is 1. The molecule has 2 N–H and O–H groups in total. The van der Waals surface area contributed by atoms with Gasteiger partial charge >= 0.3 is 5.97 Å². The van der Waals surface area contributed by atoms with E-state index in [1.165, 1.54) is 0 Å². The summed E-state index contributed by atoms with van der Waals surface area (Å²) in [6.07, 6.45) is 3.20. The van der Waals surface area contributed by atoms with Gasteiger partial charge < -0.3 is 34.5 Å². The zero-order chi connectivity index (χ0) is 31.8. The molecule has 2 aliphatic heterocycles. The molecule has 0 radical (unpaired) electrons. The van der Waals surface area contributed by atoms with Gasteiger partial charge in [0.15, 0.2) is 6.61 Å². The summed E-state index contributed by atoms with van der Waals surface area (Å²) in [5.41, 5.74) is 0.0993. The predicted molar refractivity (Wildman–Crippen MR) is 162 cm³/mol. The zero-order valence-electron chi connectivity index (χ0n) is 25.9. The second-order valence-electron chi connectivity index (χ2n) is 10.5. The first-order valence-electron chi connectivity index (χ1n) is 15.1. The van der Waals surface area contributed by atoms with Crippen molar-refractivity contribution in [3.8, 4) is 11.6 Å². The zero-order valence-corrected chi connectivity index (χ0v) is 25.9. The number of methoxy groups -OCH3 is 1. The highest BCUT2D eigenvalue weighted by atomic mass is 16.5. The number of carbonyl (C=O) groups excluding carboxylic acids is 4. The van der Waals surface area contributed by atoms with E-state index < -0.39 is 11.4 Å². The molecule has 0 aliphatic carbocycles. The summed E-state index contributed by atoms with van der Waals surface area (Å²) in [5, 5.41) is 5.76. The topological polar surface area (TPSA) is 145 Å². The van der Waals surface area contributed by atoms with Crippen LogP contribution >= 0.6 is 0 Å². The van der Waals surface area contributed by atoms with Gasteiger partial charge in [0.1, 0.15) is 11.3 Å². The molecule has 12 nitrogen and oxygen atoms in total. The number of amides is 3. The Kier molecular flexibility index (Phi) is 13.9. The number of nitrogens with zero attached hydrogens (tertiary/aromatic N) is 2. The first-order chi connectivity index (χ1) is 21.3. The summed E-state index contributed by atoms with van der Waals surface area (Å²) in [7, 11) is 1.56. The van der Waals surface area contributed by atoms with Gasteiger partial charge in [-0.3, -0.25) is 19.2 Å². The molecule has 2 aromatic rings. The maximum absolute atomic E-state index is 13.5. The molecule has 0 saturated heterocycles. The molecule has 0 fully saturated rings. The normalized spacial score (nSPS) is 18.8. The number of fused-ring (bicyclic) bond motifs is 17. The fourth-order valence-corrected chi connectivity index (χ4v) is 4.94. The average Bonchev–Trinajstić information content (AvgIpc) is 3.03. The Hall–Kier alpha value is -4.19.